The van der Waals surface area contributed by atoms with E-state index >= 15 is 0 Å². The molecule has 1 saturated heterocycles. The van der Waals surface area contributed by atoms with E-state index in [1.165, 1.54) is 0 Å². The molecule has 0 saturated carbocycles. The van der Waals surface area contributed by atoms with Crippen molar-refractivity contribution in [2.24, 2.45) is 5.92 Å². The fourth-order valence-corrected chi connectivity index (χ4v) is 3.49. The van der Waals surface area contributed by atoms with E-state index in [2.05, 4.69) is 13.8 Å². The maximum atomic E-state index is 11.6. The fourth-order valence-electron chi connectivity index (χ4n) is 1.99. The molecule has 0 aromatic heterocycles. The second-order valence-electron chi connectivity index (χ2n) is 3.87. The van der Waals surface area contributed by atoms with Gasteiger partial charge in [-0.2, -0.15) is 4.31 Å². The Kier molecular flexibility index (Phi) is 3.35. The van der Waals surface area contributed by atoms with Crippen LogP contribution < -0.4 is 0 Å². The number of sulfonamides is 1. The van der Waals surface area contributed by atoms with Crippen LogP contribution in [0.5, 0.6) is 0 Å². The second kappa shape index (κ2) is 3.96. The summed E-state index contributed by atoms with van der Waals surface area (Å²) in [5.74, 6) is 0.752. The highest BCUT2D eigenvalue weighted by molar-refractivity contribution is 7.89. The molecule has 3 nitrogen and oxygen atoms in total. The fraction of sp³-hybridized carbons (Fsp3) is 1.00. The molecule has 0 aromatic rings. The van der Waals surface area contributed by atoms with Crippen LogP contribution >= 0.6 is 0 Å². The first-order valence-corrected chi connectivity index (χ1v) is 6.61. The first kappa shape index (κ1) is 11.0. The van der Waals surface area contributed by atoms with Gasteiger partial charge in [0.15, 0.2) is 0 Å². The molecule has 4 heteroatoms. The smallest absolute Gasteiger partial charge is 0.212 e. The highest BCUT2D eigenvalue weighted by Gasteiger charge is 2.35. The summed E-state index contributed by atoms with van der Waals surface area (Å²) in [6.07, 6.45) is 1.96. The van der Waals surface area contributed by atoms with Crippen molar-refractivity contribution in [2.45, 2.75) is 39.7 Å². The zero-order chi connectivity index (χ0) is 10.1. The highest BCUT2D eigenvalue weighted by Crippen LogP contribution is 2.27. The molecule has 78 valence electrons. The molecule has 0 aromatic carbocycles. The Morgan fingerprint density at radius 1 is 1.38 bits per heavy atom. The van der Waals surface area contributed by atoms with E-state index < -0.39 is 10.0 Å². The second-order valence-corrected chi connectivity index (χ2v) is 6.08. The van der Waals surface area contributed by atoms with Gasteiger partial charge < -0.3 is 0 Å². The van der Waals surface area contributed by atoms with Gasteiger partial charge in [0, 0.05) is 12.6 Å². The lowest BCUT2D eigenvalue weighted by Crippen LogP contribution is -2.36. The third-order valence-corrected chi connectivity index (χ3v) is 4.66. The Bertz CT molecular complexity index is 261. The van der Waals surface area contributed by atoms with Gasteiger partial charge in [0.25, 0.3) is 0 Å². The van der Waals surface area contributed by atoms with Crippen LogP contribution in [0.4, 0.5) is 0 Å². The van der Waals surface area contributed by atoms with Crippen LogP contribution in [0.3, 0.4) is 0 Å². The van der Waals surface area contributed by atoms with E-state index in [0.29, 0.717) is 12.5 Å². The van der Waals surface area contributed by atoms with Gasteiger partial charge in [-0.05, 0) is 25.7 Å². The summed E-state index contributed by atoms with van der Waals surface area (Å²) in [7, 11) is -2.96. The van der Waals surface area contributed by atoms with Crippen molar-refractivity contribution in [3.05, 3.63) is 0 Å². The lowest BCUT2D eigenvalue weighted by molar-refractivity contribution is 0.379. The Labute approximate surface area is 81.2 Å². The molecule has 0 spiro atoms. The van der Waals surface area contributed by atoms with Crippen molar-refractivity contribution in [1.29, 1.82) is 0 Å². The van der Waals surface area contributed by atoms with E-state index in [1.807, 2.05) is 0 Å². The number of hydrogen-bond acceptors (Lipinski definition) is 2. The van der Waals surface area contributed by atoms with Crippen LogP contribution in [-0.4, -0.2) is 31.1 Å². The number of nitrogens with zero attached hydrogens (tertiary/aromatic N) is 1. The van der Waals surface area contributed by atoms with E-state index in [1.54, 1.807) is 11.2 Å². The summed E-state index contributed by atoms with van der Waals surface area (Å²) in [4.78, 5) is 0. The third kappa shape index (κ3) is 2.23. The molecule has 0 N–H and O–H groups in total. The van der Waals surface area contributed by atoms with Crippen LogP contribution in [0, 0.1) is 5.92 Å². The first-order chi connectivity index (χ1) is 6.01. The predicted molar refractivity (Wildman–Crippen MR) is 54.0 cm³/mol. The molecule has 0 amide bonds. The largest absolute Gasteiger partial charge is 0.214 e. The van der Waals surface area contributed by atoms with Crippen LogP contribution in [-0.2, 0) is 10.0 Å². The van der Waals surface area contributed by atoms with Gasteiger partial charge in [-0.1, -0.05) is 13.8 Å². The van der Waals surface area contributed by atoms with E-state index in [9.17, 15) is 8.42 Å². The Morgan fingerprint density at radius 2 is 2.00 bits per heavy atom. The molecule has 1 heterocycles. The molecule has 0 bridgehead atoms. The molecule has 1 rings (SSSR count). The van der Waals surface area contributed by atoms with Crippen molar-refractivity contribution >= 4 is 10.0 Å². The summed E-state index contributed by atoms with van der Waals surface area (Å²) in [6.45, 7) is 6.61. The molecule has 1 aliphatic rings. The van der Waals surface area contributed by atoms with Crippen LogP contribution in [0.2, 0.25) is 0 Å². The van der Waals surface area contributed by atoms with Gasteiger partial charge in [-0.25, -0.2) is 8.42 Å². The summed E-state index contributed by atoms with van der Waals surface area (Å²) >= 11 is 0. The molecular weight excluding hydrogens is 186 g/mol. The number of hydrogen-bond donors (Lipinski definition) is 0. The Morgan fingerprint density at radius 3 is 2.46 bits per heavy atom. The summed E-state index contributed by atoms with van der Waals surface area (Å²) in [5, 5.41) is 0. The molecule has 2 atom stereocenters. The molecule has 0 aliphatic carbocycles. The minimum Gasteiger partial charge on any atom is -0.212 e. The van der Waals surface area contributed by atoms with Gasteiger partial charge in [0.1, 0.15) is 0 Å². The molecule has 1 aliphatic heterocycles. The molecule has 13 heavy (non-hydrogen) atoms. The predicted octanol–water partition coefficient (Wildman–Crippen LogP) is 1.46. The van der Waals surface area contributed by atoms with Gasteiger partial charge in [0.05, 0.1) is 5.75 Å². The van der Waals surface area contributed by atoms with E-state index in [0.717, 1.165) is 12.8 Å². The number of rotatable bonds is 3. The Balaban J connectivity index is 2.80. The average molecular weight is 205 g/mol. The van der Waals surface area contributed by atoms with Crippen LogP contribution in [0.25, 0.3) is 0 Å². The van der Waals surface area contributed by atoms with E-state index in [-0.39, 0.29) is 11.8 Å². The van der Waals surface area contributed by atoms with Crippen molar-refractivity contribution in [2.75, 3.05) is 12.3 Å². The topological polar surface area (TPSA) is 37.4 Å². The Hall–Kier alpha value is -0.0900. The zero-order valence-electron chi connectivity index (χ0n) is 8.66. The zero-order valence-corrected chi connectivity index (χ0v) is 9.47. The lowest BCUT2D eigenvalue weighted by atomic mass is 10.1. The van der Waals surface area contributed by atoms with Crippen molar-refractivity contribution in [3.63, 3.8) is 0 Å². The molecule has 1 fully saturated rings. The minimum absolute atomic E-state index is 0.232. The van der Waals surface area contributed by atoms with Crippen LogP contribution in [0.15, 0.2) is 0 Å². The van der Waals surface area contributed by atoms with Gasteiger partial charge in [-0.15, -0.1) is 0 Å². The van der Waals surface area contributed by atoms with Crippen molar-refractivity contribution in [1.82, 2.24) is 4.31 Å². The SMILES string of the molecule is CCC1CC(C)CN1S(=O)(=O)CC. The summed E-state index contributed by atoms with van der Waals surface area (Å²) in [6, 6.07) is 0.250. The minimum atomic E-state index is -2.96. The maximum absolute atomic E-state index is 11.6. The molecular formula is C9H19NO2S. The van der Waals surface area contributed by atoms with Gasteiger partial charge in [-0.3, -0.25) is 0 Å². The normalized spacial score (nSPS) is 31.0. The van der Waals surface area contributed by atoms with Gasteiger partial charge in [0.2, 0.25) is 10.0 Å². The molecule has 2 unspecified atom stereocenters. The maximum Gasteiger partial charge on any atom is 0.214 e. The summed E-state index contributed by atoms with van der Waals surface area (Å²) < 4.78 is 25.0. The third-order valence-electron chi connectivity index (χ3n) is 2.77. The van der Waals surface area contributed by atoms with Crippen molar-refractivity contribution < 1.29 is 8.42 Å². The van der Waals surface area contributed by atoms with Crippen LogP contribution in [0.1, 0.15) is 33.6 Å². The molecule has 0 radical (unpaired) electrons. The monoisotopic (exact) mass is 205 g/mol. The summed E-state index contributed by atoms with van der Waals surface area (Å²) in [5.41, 5.74) is 0. The quantitative estimate of drug-likeness (QED) is 0.699. The lowest BCUT2D eigenvalue weighted by Gasteiger charge is -2.21. The highest BCUT2D eigenvalue weighted by atomic mass is 32.2. The first-order valence-electron chi connectivity index (χ1n) is 5.00. The van der Waals surface area contributed by atoms with Gasteiger partial charge >= 0.3 is 0 Å². The standard InChI is InChI=1S/C9H19NO2S/c1-4-9-6-8(3)7-10(9)13(11,12)5-2/h8-9H,4-7H2,1-3H3. The average Bonchev–Trinajstić information content (AvgIpc) is 2.47. The van der Waals surface area contributed by atoms with E-state index in [4.69, 9.17) is 0 Å². The van der Waals surface area contributed by atoms with Crippen molar-refractivity contribution in [3.8, 4) is 0 Å².